The van der Waals surface area contributed by atoms with Gasteiger partial charge in [0.25, 0.3) is 0 Å². The molecule has 0 heterocycles. The second-order valence-corrected chi connectivity index (χ2v) is 5.32. The molecule has 5 heteroatoms. The number of rotatable bonds is 8. The molecule has 0 saturated heterocycles. The minimum Gasteiger partial charge on any atom is -0.481 e. The molecule has 0 spiro atoms. The Balaban J connectivity index is 4.39. The second-order valence-electron chi connectivity index (χ2n) is 5.32. The van der Waals surface area contributed by atoms with E-state index in [4.69, 9.17) is 9.84 Å². The van der Waals surface area contributed by atoms with Gasteiger partial charge in [-0.15, -0.1) is 0 Å². The van der Waals surface area contributed by atoms with E-state index in [-0.39, 0.29) is 6.42 Å². The zero-order chi connectivity index (χ0) is 14.2. The molecule has 0 aliphatic carbocycles. The zero-order valence-electron chi connectivity index (χ0n) is 11.7. The highest BCUT2D eigenvalue weighted by Crippen LogP contribution is 2.06. The molecule has 0 unspecified atom stereocenters. The highest BCUT2D eigenvalue weighted by molar-refractivity contribution is 5.82. The highest BCUT2D eigenvalue weighted by Gasteiger charge is 2.23. The third kappa shape index (κ3) is 9.84. The lowest BCUT2D eigenvalue weighted by molar-refractivity contribution is -0.873. The first kappa shape index (κ1) is 16.6. The molecule has 0 aromatic rings. The number of carboxylic acids is 1. The Morgan fingerprint density at radius 2 is 1.94 bits per heavy atom. The van der Waals surface area contributed by atoms with Gasteiger partial charge in [0.2, 0.25) is 0 Å². The summed E-state index contributed by atoms with van der Waals surface area (Å²) in [7, 11) is 5.78. The van der Waals surface area contributed by atoms with E-state index in [0.717, 1.165) is 12.8 Å². The predicted octanol–water partition coefficient (Wildman–Crippen LogP) is 1.44. The number of unbranched alkanes of at least 4 members (excludes halogenated alkanes) is 1. The monoisotopic (exact) mass is 258 g/mol. The third-order valence-electron chi connectivity index (χ3n) is 2.15. The smallest absolute Gasteiger partial charge is 0.330 e. The Morgan fingerprint density at radius 1 is 1.33 bits per heavy atom. The van der Waals surface area contributed by atoms with Gasteiger partial charge in [0.15, 0.2) is 6.10 Å². The van der Waals surface area contributed by atoms with Gasteiger partial charge < -0.3 is 14.3 Å². The number of ether oxygens (including phenoxy) is 1. The summed E-state index contributed by atoms with van der Waals surface area (Å²) >= 11 is 0. The molecule has 104 valence electrons. The first-order valence-corrected chi connectivity index (χ1v) is 6.14. The van der Waals surface area contributed by atoms with Gasteiger partial charge in [0.05, 0.1) is 27.6 Å². The number of carboxylic acid groups (broad SMARTS) is 1. The van der Waals surface area contributed by atoms with Crippen molar-refractivity contribution in [3.8, 4) is 0 Å². The summed E-state index contributed by atoms with van der Waals surface area (Å²) < 4.78 is 5.71. The quantitative estimate of drug-likeness (QED) is 0.406. The minimum atomic E-state index is -0.959. The summed E-state index contributed by atoms with van der Waals surface area (Å²) in [4.78, 5) is 22.2. The fraction of sp³-hybridized carbons (Fsp3) is 0.692. The highest BCUT2D eigenvalue weighted by atomic mass is 16.5. The minimum absolute atomic E-state index is 0.164. The van der Waals surface area contributed by atoms with Crippen molar-refractivity contribution in [1.29, 1.82) is 0 Å². The Hall–Kier alpha value is -1.36. The van der Waals surface area contributed by atoms with Crippen molar-refractivity contribution in [2.75, 3.05) is 27.7 Å². The summed E-state index contributed by atoms with van der Waals surface area (Å²) in [5, 5.41) is 8.79. The number of hydrogen-bond acceptors (Lipinski definition) is 3. The first-order valence-electron chi connectivity index (χ1n) is 6.14. The number of likely N-dealkylation sites (N-methyl/N-ethyl adjacent to an activating group) is 1. The molecular formula is C13H24NO4+. The van der Waals surface area contributed by atoms with Crippen molar-refractivity contribution in [2.24, 2.45) is 0 Å². The van der Waals surface area contributed by atoms with Crippen LogP contribution in [0.3, 0.4) is 0 Å². The van der Waals surface area contributed by atoms with Crippen LogP contribution in [-0.2, 0) is 14.3 Å². The number of hydrogen-bond donors (Lipinski definition) is 1. The van der Waals surface area contributed by atoms with E-state index in [1.165, 1.54) is 6.08 Å². The summed E-state index contributed by atoms with van der Waals surface area (Å²) in [5.41, 5.74) is 0. The van der Waals surface area contributed by atoms with Gasteiger partial charge >= 0.3 is 11.9 Å². The maximum absolute atomic E-state index is 11.5. The number of allylic oxidation sites excluding steroid dienone is 1. The van der Waals surface area contributed by atoms with Crippen LogP contribution in [0.5, 0.6) is 0 Å². The molecule has 0 aromatic heterocycles. The van der Waals surface area contributed by atoms with Crippen LogP contribution >= 0.6 is 0 Å². The van der Waals surface area contributed by atoms with Crippen molar-refractivity contribution < 1.29 is 23.9 Å². The van der Waals surface area contributed by atoms with Crippen LogP contribution in [0, 0.1) is 0 Å². The number of quaternary nitrogens is 1. The Bertz CT molecular complexity index is 305. The largest absolute Gasteiger partial charge is 0.481 e. The SMILES string of the molecule is CCCC=CC(=O)O[C@H](CC(=O)O)C[N+](C)(C)C. The molecule has 0 aliphatic heterocycles. The third-order valence-corrected chi connectivity index (χ3v) is 2.15. The van der Waals surface area contributed by atoms with E-state index < -0.39 is 18.0 Å². The maximum Gasteiger partial charge on any atom is 0.330 e. The van der Waals surface area contributed by atoms with E-state index >= 15 is 0 Å². The van der Waals surface area contributed by atoms with Gasteiger partial charge in [-0.05, 0) is 6.42 Å². The summed E-state index contributed by atoms with van der Waals surface area (Å²) in [6.07, 6.45) is 4.12. The van der Waals surface area contributed by atoms with Gasteiger partial charge in [-0.3, -0.25) is 4.79 Å². The number of aliphatic carboxylic acids is 1. The molecule has 0 saturated carbocycles. The van der Waals surface area contributed by atoms with Crippen LogP contribution in [0.1, 0.15) is 26.2 Å². The van der Waals surface area contributed by atoms with Crippen LogP contribution in [0.15, 0.2) is 12.2 Å². The van der Waals surface area contributed by atoms with Crippen molar-refractivity contribution in [3.63, 3.8) is 0 Å². The van der Waals surface area contributed by atoms with Gasteiger partial charge in [-0.2, -0.15) is 0 Å². The molecule has 0 rings (SSSR count). The molecule has 0 amide bonds. The second kappa shape index (κ2) is 7.87. The summed E-state index contributed by atoms with van der Waals surface area (Å²) in [5.74, 6) is -1.43. The van der Waals surface area contributed by atoms with Crippen LogP contribution in [0.4, 0.5) is 0 Å². The Labute approximate surface area is 109 Å². The van der Waals surface area contributed by atoms with Gasteiger partial charge in [-0.25, -0.2) is 4.79 Å². The molecule has 1 atom stereocenters. The van der Waals surface area contributed by atoms with E-state index in [9.17, 15) is 9.59 Å². The van der Waals surface area contributed by atoms with Gasteiger partial charge in [0.1, 0.15) is 6.54 Å². The van der Waals surface area contributed by atoms with Crippen LogP contribution in [-0.4, -0.2) is 55.3 Å². The normalized spacial score (nSPS) is 13.6. The molecular weight excluding hydrogens is 234 g/mol. The zero-order valence-corrected chi connectivity index (χ0v) is 11.7. The van der Waals surface area contributed by atoms with Gasteiger partial charge in [0, 0.05) is 6.08 Å². The molecule has 0 bridgehead atoms. The fourth-order valence-corrected chi connectivity index (χ4v) is 1.50. The van der Waals surface area contributed by atoms with E-state index in [0.29, 0.717) is 11.0 Å². The first-order chi connectivity index (χ1) is 8.24. The lowest BCUT2D eigenvalue weighted by atomic mass is 10.2. The lowest BCUT2D eigenvalue weighted by Crippen LogP contribution is -2.43. The molecule has 0 radical (unpaired) electrons. The number of nitrogens with zero attached hydrogens (tertiary/aromatic N) is 1. The Morgan fingerprint density at radius 3 is 2.39 bits per heavy atom. The topological polar surface area (TPSA) is 63.6 Å². The molecule has 5 nitrogen and oxygen atoms in total. The molecule has 0 aliphatic rings. The van der Waals surface area contributed by atoms with E-state index in [1.807, 2.05) is 28.1 Å². The Kier molecular flexibility index (Phi) is 7.27. The van der Waals surface area contributed by atoms with Crippen molar-refractivity contribution >= 4 is 11.9 Å². The standard InChI is InChI=1S/C13H23NO4/c1-5-6-7-8-13(17)18-11(9-12(15)16)10-14(2,3)4/h7-8,11H,5-6,9-10H2,1-4H3/p+1/t11-/m1/s1. The number of esters is 1. The molecule has 1 N–H and O–H groups in total. The maximum atomic E-state index is 11.5. The molecule has 0 fully saturated rings. The average Bonchev–Trinajstić information content (AvgIpc) is 2.13. The molecule has 0 aromatic carbocycles. The van der Waals surface area contributed by atoms with Crippen LogP contribution < -0.4 is 0 Å². The van der Waals surface area contributed by atoms with Crippen molar-refractivity contribution in [2.45, 2.75) is 32.3 Å². The number of carbonyl (C=O) groups excluding carboxylic acids is 1. The van der Waals surface area contributed by atoms with E-state index in [2.05, 4.69) is 0 Å². The van der Waals surface area contributed by atoms with E-state index in [1.54, 1.807) is 6.08 Å². The van der Waals surface area contributed by atoms with Crippen LogP contribution in [0.2, 0.25) is 0 Å². The summed E-state index contributed by atoms with van der Waals surface area (Å²) in [6, 6.07) is 0. The fourth-order valence-electron chi connectivity index (χ4n) is 1.50. The van der Waals surface area contributed by atoms with Crippen molar-refractivity contribution in [3.05, 3.63) is 12.2 Å². The number of carbonyl (C=O) groups is 2. The average molecular weight is 258 g/mol. The predicted molar refractivity (Wildman–Crippen MR) is 69.1 cm³/mol. The van der Waals surface area contributed by atoms with Crippen LogP contribution in [0.25, 0.3) is 0 Å². The lowest BCUT2D eigenvalue weighted by Gasteiger charge is -2.28. The summed E-state index contributed by atoms with van der Waals surface area (Å²) in [6.45, 7) is 2.49. The van der Waals surface area contributed by atoms with Crippen molar-refractivity contribution in [1.82, 2.24) is 0 Å². The van der Waals surface area contributed by atoms with Gasteiger partial charge in [-0.1, -0.05) is 19.4 Å². The molecule has 18 heavy (non-hydrogen) atoms.